The quantitative estimate of drug-likeness (QED) is 0.905. The monoisotopic (exact) mass is 247 g/mol. The van der Waals surface area contributed by atoms with E-state index in [1.165, 1.54) is 18.3 Å². The van der Waals surface area contributed by atoms with Gasteiger partial charge in [0.2, 0.25) is 0 Å². The minimum atomic E-state index is -1.17. The zero-order chi connectivity index (χ0) is 13.1. The number of halogens is 1. The van der Waals surface area contributed by atoms with Gasteiger partial charge >= 0.3 is 5.97 Å². The molecule has 1 N–H and O–H groups in total. The topological polar surface area (TPSA) is 59.4 Å². The van der Waals surface area contributed by atoms with Gasteiger partial charge in [-0.1, -0.05) is 12.1 Å². The Bertz CT molecular complexity index is 599. The van der Waals surface area contributed by atoms with Gasteiger partial charge in [-0.15, -0.1) is 0 Å². The number of carbonyl (C=O) groups is 1. The summed E-state index contributed by atoms with van der Waals surface area (Å²) in [6, 6.07) is 6.06. The minimum Gasteiger partial charge on any atom is -0.477 e. The predicted octanol–water partition coefficient (Wildman–Crippen LogP) is 3.02. The van der Waals surface area contributed by atoms with Crippen molar-refractivity contribution < 1.29 is 19.0 Å². The van der Waals surface area contributed by atoms with E-state index in [2.05, 4.69) is 4.98 Å². The van der Waals surface area contributed by atoms with Crippen LogP contribution in [0, 0.1) is 12.7 Å². The van der Waals surface area contributed by atoms with Gasteiger partial charge in [0.25, 0.3) is 0 Å². The Labute approximate surface area is 103 Å². The third kappa shape index (κ3) is 2.29. The Balaban J connectivity index is 2.40. The first-order chi connectivity index (χ1) is 8.59. The molecule has 0 fully saturated rings. The summed E-state index contributed by atoms with van der Waals surface area (Å²) in [5, 5.41) is 8.95. The Morgan fingerprint density at radius 3 is 2.83 bits per heavy atom. The van der Waals surface area contributed by atoms with Crippen LogP contribution < -0.4 is 4.74 Å². The number of carboxylic acids is 1. The number of aromatic carboxylic acids is 1. The van der Waals surface area contributed by atoms with Crippen molar-refractivity contribution in [2.45, 2.75) is 6.92 Å². The number of ether oxygens (including phenoxy) is 1. The minimum absolute atomic E-state index is 0.0105. The van der Waals surface area contributed by atoms with E-state index in [0.29, 0.717) is 5.56 Å². The molecule has 0 spiro atoms. The van der Waals surface area contributed by atoms with Crippen LogP contribution >= 0.6 is 0 Å². The highest BCUT2D eigenvalue weighted by atomic mass is 19.1. The van der Waals surface area contributed by atoms with Gasteiger partial charge in [-0.3, -0.25) is 4.98 Å². The molecule has 0 aliphatic rings. The average Bonchev–Trinajstić information content (AvgIpc) is 2.35. The van der Waals surface area contributed by atoms with Crippen molar-refractivity contribution in [3.63, 3.8) is 0 Å². The number of aryl methyl sites for hydroxylation is 1. The standard InChI is InChI=1S/C13H10FNO3/c1-8-3-2-4-11(12(8)14)18-10-5-6-15-7-9(10)13(16)17/h2-7H,1H3,(H,16,17). The van der Waals surface area contributed by atoms with E-state index in [1.54, 1.807) is 19.1 Å². The SMILES string of the molecule is Cc1cccc(Oc2ccncc2C(=O)O)c1F. The van der Waals surface area contributed by atoms with Crippen LogP contribution in [-0.4, -0.2) is 16.1 Å². The lowest BCUT2D eigenvalue weighted by Gasteiger charge is -2.09. The highest BCUT2D eigenvalue weighted by molar-refractivity contribution is 5.90. The van der Waals surface area contributed by atoms with Crippen molar-refractivity contribution >= 4 is 5.97 Å². The Morgan fingerprint density at radius 2 is 2.11 bits per heavy atom. The fourth-order valence-electron chi connectivity index (χ4n) is 1.45. The third-order valence-electron chi connectivity index (χ3n) is 2.39. The van der Waals surface area contributed by atoms with Crippen LogP contribution in [0.2, 0.25) is 0 Å². The first kappa shape index (κ1) is 12.0. The van der Waals surface area contributed by atoms with Crippen molar-refractivity contribution in [1.82, 2.24) is 4.98 Å². The molecule has 5 heteroatoms. The first-order valence-electron chi connectivity index (χ1n) is 5.20. The molecule has 0 aliphatic heterocycles. The van der Waals surface area contributed by atoms with E-state index >= 15 is 0 Å². The molecule has 0 atom stereocenters. The van der Waals surface area contributed by atoms with E-state index in [1.807, 2.05) is 0 Å². The number of rotatable bonds is 3. The summed E-state index contributed by atoms with van der Waals surface area (Å²) >= 11 is 0. The molecule has 2 rings (SSSR count). The van der Waals surface area contributed by atoms with Gasteiger partial charge in [0.1, 0.15) is 11.3 Å². The van der Waals surface area contributed by atoms with Gasteiger partial charge in [0.05, 0.1) is 0 Å². The van der Waals surface area contributed by atoms with Crippen LogP contribution in [0.4, 0.5) is 4.39 Å². The van der Waals surface area contributed by atoms with Gasteiger partial charge in [-0.2, -0.15) is 0 Å². The molecule has 0 unspecified atom stereocenters. The molecule has 92 valence electrons. The molecule has 1 aromatic carbocycles. The summed E-state index contributed by atoms with van der Waals surface area (Å²) in [6.07, 6.45) is 2.54. The van der Waals surface area contributed by atoms with Gasteiger partial charge in [-0.25, -0.2) is 9.18 Å². The fourth-order valence-corrected chi connectivity index (χ4v) is 1.45. The number of hydrogen-bond acceptors (Lipinski definition) is 3. The number of hydrogen-bond donors (Lipinski definition) is 1. The number of nitrogens with zero attached hydrogens (tertiary/aromatic N) is 1. The molecule has 0 saturated carbocycles. The van der Waals surface area contributed by atoms with E-state index in [9.17, 15) is 9.18 Å². The largest absolute Gasteiger partial charge is 0.477 e. The maximum absolute atomic E-state index is 13.7. The number of carboxylic acid groups (broad SMARTS) is 1. The molecule has 0 amide bonds. The summed E-state index contributed by atoms with van der Waals surface area (Å²) in [7, 11) is 0. The second kappa shape index (κ2) is 4.83. The second-order valence-electron chi connectivity index (χ2n) is 3.67. The van der Waals surface area contributed by atoms with Crippen molar-refractivity contribution in [3.05, 3.63) is 53.6 Å². The smallest absolute Gasteiger partial charge is 0.341 e. The van der Waals surface area contributed by atoms with Gasteiger partial charge < -0.3 is 9.84 Å². The molecule has 0 saturated heterocycles. The predicted molar refractivity (Wildman–Crippen MR) is 62.4 cm³/mol. The molecule has 1 heterocycles. The molecule has 0 aliphatic carbocycles. The van der Waals surface area contributed by atoms with Gasteiger partial charge in [0.15, 0.2) is 11.6 Å². The van der Waals surface area contributed by atoms with Crippen molar-refractivity contribution in [2.75, 3.05) is 0 Å². The van der Waals surface area contributed by atoms with E-state index in [4.69, 9.17) is 9.84 Å². The third-order valence-corrected chi connectivity index (χ3v) is 2.39. The van der Waals surface area contributed by atoms with Crippen LogP contribution in [-0.2, 0) is 0 Å². The lowest BCUT2D eigenvalue weighted by atomic mass is 10.2. The highest BCUT2D eigenvalue weighted by Crippen LogP contribution is 2.28. The average molecular weight is 247 g/mol. The number of benzene rings is 1. The number of aromatic nitrogens is 1. The van der Waals surface area contributed by atoms with E-state index in [-0.39, 0.29) is 17.1 Å². The lowest BCUT2D eigenvalue weighted by molar-refractivity contribution is 0.0693. The maximum atomic E-state index is 13.7. The zero-order valence-corrected chi connectivity index (χ0v) is 9.55. The molecule has 0 bridgehead atoms. The van der Waals surface area contributed by atoms with Gasteiger partial charge in [0, 0.05) is 18.5 Å². The number of pyridine rings is 1. The molecule has 1 aromatic heterocycles. The van der Waals surface area contributed by atoms with Crippen LogP contribution in [0.1, 0.15) is 15.9 Å². The molecule has 0 radical (unpaired) electrons. The Hall–Kier alpha value is -2.43. The Kier molecular flexibility index (Phi) is 3.23. The van der Waals surface area contributed by atoms with E-state index < -0.39 is 11.8 Å². The van der Waals surface area contributed by atoms with E-state index in [0.717, 1.165) is 6.20 Å². The second-order valence-corrected chi connectivity index (χ2v) is 3.67. The van der Waals surface area contributed by atoms with Gasteiger partial charge in [-0.05, 0) is 18.6 Å². The van der Waals surface area contributed by atoms with Crippen LogP contribution in [0.5, 0.6) is 11.5 Å². The highest BCUT2D eigenvalue weighted by Gasteiger charge is 2.14. The summed E-state index contributed by atoms with van der Waals surface area (Å²) in [5.74, 6) is -1.64. The van der Waals surface area contributed by atoms with Crippen LogP contribution in [0.25, 0.3) is 0 Å². The lowest BCUT2D eigenvalue weighted by Crippen LogP contribution is -2.01. The molecule has 18 heavy (non-hydrogen) atoms. The molecular weight excluding hydrogens is 237 g/mol. The normalized spacial score (nSPS) is 10.1. The maximum Gasteiger partial charge on any atom is 0.341 e. The molecule has 2 aromatic rings. The van der Waals surface area contributed by atoms with Crippen LogP contribution in [0.15, 0.2) is 36.7 Å². The molecular formula is C13H10FNO3. The van der Waals surface area contributed by atoms with Crippen molar-refractivity contribution in [2.24, 2.45) is 0 Å². The fraction of sp³-hybridized carbons (Fsp3) is 0.0769. The summed E-state index contributed by atoms with van der Waals surface area (Å²) in [5.41, 5.74) is 0.317. The zero-order valence-electron chi connectivity index (χ0n) is 9.55. The summed E-state index contributed by atoms with van der Waals surface area (Å²) in [6.45, 7) is 1.60. The molecule has 4 nitrogen and oxygen atoms in total. The first-order valence-corrected chi connectivity index (χ1v) is 5.20. The van der Waals surface area contributed by atoms with Crippen molar-refractivity contribution in [3.8, 4) is 11.5 Å². The summed E-state index contributed by atoms with van der Waals surface area (Å²) < 4.78 is 19.0. The summed E-state index contributed by atoms with van der Waals surface area (Å²) in [4.78, 5) is 14.6. The Morgan fingerprint density at radius 1 is 1.33 bits per heavy atom. The van der Waals surface area contributed by atoms with Crippen molar-refractivity contribution in [1.29, 1.82) is 0 Å². The van der Waals surface area contributed by atoms with Crippen LogP contribution in [0.3, 0.4) is 0 Å².